The van der Waals surface area contributed by atoms with E-state index in [4.69, 9.17) is 4.74 Å². The zero-order chi connectivity index (χ0) is 26.2. The Kier molecular flexibility index (Phi) is 12.0. The number of nitrogens with zero attached hydrogens (tertiary/aromatic N) is 1. The van der Waals surface area contributed by atoms with Gasteiger partial charge in [-0.2, -0.15) is 18.2 Å². The molecule has 197 valence electrons. The van der Waals surface area contributed by atoms with E-state index in [0.29, 0.717) is 17.5 Å². The van der Waals surface area contributed by atoms with Gasteiger partial charge in [0.1, 0.15) is 5.76 Å². The van der Waals surface area contributed by atoms with E-state index in [9.17, 15) is 9.90 Å². The van der Waals surface area contributed by atoms with E-state index in [0.717, 1.165) is 18.2 Å². The van der Waals surface area contributed by atoms with Crippen LogP contribution in [0, 0.1) is 16.9 Å². The maximum Gasteiger partial charge on any atom is 0.224 e. The van der Waals surface area contributed by atoms with Crippen molar-refractivity contribution >= 4 is 16.6 Å². The minimum Gasteiger partial charge on any atom is -0.512 e. The molecular weight excluding hydrogens is 627 g/mol. The number of aliphatic hydroxyl groups is 1. The molecule has 0 bridgehead atoms. The van der Waals surface area contributed by atoms with Gasteiger partial charge in [-0.15, -0.1) is 12.1 Å². The molecule has 2 aromatic carbocycles. The molecular formula is C31H40IrNO3-. The summed E-state index contributed by atoms with van der Waals surface area (Å²) in [6, 6.07) is 18.8. The van der Waals surface area contributed by atoms with Crippen LogP contribution in [-0.2, 0) is 24.9 Å². The number of hydrogen-bond donors (Lipinski definition) is 1. The number of ketones is 1. The first-order chi connectivity index (χ1) is 16.4. The Hall–Kier alpha value is -2.49. The summed E-state index contributed by atoms with van der Waals surface area (Å²) in [6.45, 7) is 16.0. The second-order valence-electron chi connectivity index (χ2n) is 10.4. The quantitative estimate of drug-likeness (QED) is 0.148. The molecule has 0 fully saturated rings. The number of fused-ring (bicyclic) bond motifs is 1. The Bertz CT molecular complexity index is 1150. The number of carbonyl (C=O) groups is 1. The van der Waals surface area contributed by atoms with Crippen molar-refractivity contribution in [2.75, 3.05) is 0 Å². The number of aliphatic hydroxyl groups excluding tert-OH is 1. The molecule has 1 radical (unpaired) electrons. The number of hydrogen-bond acceptors (Lipinski definition) is 4. The van der Waals surface area contributed by atoms with Crippen molar-refractivity contribution in [3.05, 3.63) is 78.2 Å². The average Bonchev–Trinajstić information content (AvgIpc) is 2.85. The molecule has 0 atom stereocenters. The van der Waals surface area contributed by atoms with Crippen molar-refractivity contribution < 1.29 is 34.7 Å². The molecule has 3 rings (SSSR count). The molecule has 0 amide bonds. The topological polar surface area (TPSA) is 59.4 Å². The summed E-state index contributed by atoms with van der Waals surface area (Å²) < 4.78 is 5.86. The molecule has 0 spiro atoms. The van der Waals surface area contributed by atoms with Gasteiger partial charge in [0, 0.05) is 54.3 Å². The van der Waals surface area contributed by atoms with Gasteiger partial charge >= 0.3 is 0 Å². The monoisotopic (exact) mass is 667 g/mol. The van der Waals surface area contributed by atoms with Crippen LogP contribution in [0.3, 0.4) is 0 Å². The number of pyridine rings is 1. The minimum atomic E-state index is -0.377. The molecule has 0 unspecified atom stereocenters. The summed E-state index contributed by atoms with van der Waals surface area (Å²) in [6.07, 6.45) is 4.90. The van der Waals surface area contributed by atoms with Gasteiger partial charge in [0.2, 0.25) is 5.88 Å². The first kappa shape index (κ1) is 31.5. The number of rotatable bonds is 8. The van der Waals surface area contributed by atoms with Crippen molar-refractivity contribution in [1.29, 1.82) is 0 Å². The van der Waals surface area contributed by atoms with Gasteiger partial charge in [0.05, 0.1) is 0 Å². The van der Waals surface area contributed by atoms with Crippen molar-refractivity contribution in [3.8, 4) is 11.6 Å². The zero-order valence-corrected chi connectivity index (χ0v) is 25.2. The third-order valence-electron chi connectivity index (χ3n) is 6.69. The van der Waals surface area contributed by atoms with Crippen LogP contribution in [-0.4, -0.2) is 15.9 Å². The smallest absolute Gasteiger partial charge is 0.224 e. The normalized spacial score (nSPS) is 12.0. The van der Waals surface area contributed by atoms with Gasteiger partial charge in [-0.3, -0.25) is 4.79 Å². The summed E-state index contributed by atoms with van der Waals surface area (Å²) in [5.74, 6) is 1.94. The summed E-state index contributed by atoms with van der Waals surface area (Å²) in [5.41, 5.74) is 0.557. The predicted molar refractivity (Wildman–Crippen MR) is 145 cm³/mol. The van der Waals surface area contributed by atoms with Gasteiger partial charge in [-0.05, 0) is 35.8 Å². The maximum absolute atomic E-state index is 11.8. The maximum atomic E-state index is 11.8. The number of ether oxygens (including phenoxy) is 1. The minimum absolute atomic E-state index is 0. The van der Waals surface area contributed by atoms with Crippen molar-refractivity contribution in [2.45, 2.75) is 74.1 Å². The number of para-hydroxylation sites is 1. The molecule has 3 aromatic rings. The standard InChI is InChI=1S/C18H16NO.C13H24O2.Ir/c1-13(2)17-12-19-18(16-11-7-6-10-15(16)17)20-14-8-4-3-5-9-14;1-7-12(3,4)10(14)9-11(15)13(5,6)8-2;/h3-8,10-13H,1-2H3;9,14H,7-8H2,1-6H3;/q-1;;/b;10-9-;. The molecule has 1 N–H and O–H groups in total. The summed E-state index contributed by atoms with van der Waals surface area (Å²) >= 11 is 0. The Labute approximate surface area is 230 Å². The van der Waals surface area contributed by atoms with E-state index in [1.807, 2.05) is 90.2 Å². The summed E-state index contributed by atoms with van der Waals surface area (Å²) in [4.78, 5) is 16.3. The largest absolute Gasteiger partial charge is 0.512 e. The summed E-state index contributed by atoms with van der Waals surface area (Å²) in [5, 5.41) is 12.1. The molecule has 4 nitrogen and oxygen atoms in total. The first-order valence-corrected chi connectivity index (χ1v) is 12.4. The molecule has 1 aromatic heterocycles. The fourth-order valence-electron chi connectivity index (χ4n) is 3.14. The van der Waals surface area contributed by atoms with E-state index in [1.54, 1.807) is 0 Å². The van der Waals surface area contributed by atoms with Crippen LogP contribution in [0.5, 0.6) is 11.6 Å². The molecule has 0 saturated carbocycles. The number of carbonyl (C=O) groups excluding carboxylic acids is 1. The van der Waals surface area contributed by atoms with E-state index in [-0.39, 0.29) is 42.5 Å². The van der Waals surface area contributed by atoms with Crippen LogP contribution in [0.1, 0.15) is 79.7 Å². The average molecular weight is 667 g/mol. The van der Waals surface area contributed by atoms with Gasteiger partial charge in [0.15, 0.2) is 5.78 Å². The molecule has 36 heavy (non-hydrogen) atoms. The van der Waals surface area contributed by atoms with Gasteiger partial charge < -0.3 is 9.84 Å². The third-order valence-corrected chi connectivity index (χ3v) is 6.69. The molecule has 0 aliphatic rings. The van der Waals surface area contributed by atoms with E-state index < -0.39 is 0 Å². The van der Waals surface area contributed by atoms with Crippen LogP contribution >= 0.6 is 0 Å². The second-order valence-corrected chi connectivity index (χ2v) is 10.4. The fraction of sp³-hybridized carbons (Fsp3) is 0.419. The van der Waals surface area contributed by atoms with Crippen LogP contribution < -0.4 is 4.74 Å². The van der Waals surface area contributed by atoms with Crippen LogP contribution in [0.15, 0.2) is 66.6 Å². The van der Waals surface area contributed by atoms with Crippen molar-refractivity contribution in [2.24, 2.45) is 10.8 Å². The zero-order valence-electron chi connectivity index (χ0n) is 22.8. The van der Waals surface area contributed by atoms with E-state index >= 15 is 0 Å². The molecule has 0 aliphatic carbocycles. The van der Waals surface area contributed by atoms with Gasteiger partial charge in [-0.25, -0.2) is 4.98 Å². The first-order valence-electron chi connectivity index (χ1n) is 12.4. The Morgan fingerprint density at radius 3 is 2.11 bits per heavy atom. The SMILES string of the molecule is CC(C)c1cnc(Oc2[c-]cccc2)c2ccccc12.CCC(C)(C)C(=O)/C=C(\O)C(C)(C)CC.[Ir]. The summed E-state index contributed by atoms with van der Waals surface area (Å²) in [7, 11) is 0. The van der Waals surface area contributed by atoms with Crippen LogP contribution in [0.2, 0.25) is 0 Å². The van der Waals surface area contributed by atoms with Crippen LogP contribution in [0.25, 0.3) is 10.8 Å². The van der Waals surface area contributed by atoms with Gasteiger partial charge in [0.25, 0.3) is 0 Å². The fourth-order valence-corrected chi connectivity index (χ4v) is 3.14. The van der Waals surface area contributed by atoms with Crippen molar-refractivity contribution in [3.63, 3.8) is 0 Å². The van der Waals surface area contributed by atoms with Crippen molar-refractivity contribution in [1.82, 2.24) is 4.98 Å². The predicted octanol–water partition coefficient (Wildman–Crippen LogP) is 8.82. The van der Waals surface area contributed by atoms with Crippen LogP contribution in [0.4, 0.5) is 0 Å². The second kappa shape index (κ2) is 13.7. The number of allylic oxidation sites excluding steroid dienone is 2. The number of benzene rings is 2. The molecule has 0 aliphatic heterocycles. The van der Waals surface area contributed by atoms with E-state index in [1.165, 1.54) is 17.0 Å². The molecule has 5 heteroatoms. The Morgan fingerprint density at radius 2 is 1.58 bits per heavy atom. The molecule has 1 heterocycles. The Morgan fingerprint density at radius 1 is 1.00 bits per heavy atom. The number of aromatic nitrogens is 1. The molecule has 0 saturated heterocycles. The van der Waals surface area contributed by atoms with Gasteiger partial charge in [-0.1, -0.05) is 73.6 Å². The third kappa shape index (κ3) is 8.28. The van der Waals surface area contributed by atoms with E-state index in [2.05, 4.69) is 31.0 Å². The Balaban J connectivity index is 0.000000367.